The second-order valence-electron chi connectivity index (χ2n) is 5.07. The Bertz CT molecular complexity index is 643. The van der Waals surface area contributed by atoms with E-state index in [1.807, 2.05) is 24.3 Å². The topological polar surface area (TPSA) is 47.6 Å². The van der Waals surface area contributed by atoms with Gasteiger partial charge in [0.2, 0.25) is 5.91 Å². The first-order valence-corrected chi connectivity index (χ1v) is 7.31. The summed E-state index contributed by atoms with van der Waals surface area (Å²) in [4.78, 5) is 12.0. The van der Waals surface area contributed by atoms with Crippen LogP contribution in [0.5, 0.6) is 5.75 Å². The van der Waals surface area contributed by atoms with Crippen molar-refractivity contribution in [2.75, 3.05) is 20.8 Å². The van der Waals surface area contributed by atoms with Crippen LogP contribution in [0.1, 0.15) is 17.2 Å². The first-order valence-electron chi connectivity index (χ1n) is 7.31. The van der Waals surface area contributed by atoms with E-state index in [1.54, 1.807) is 26.4 Å². The summed E-state index contributed by atoms with van der Waals surface area (Å²) in [7, 11) is 3.18. The highest BCUT2D eigenvalue weighted by atomic mass is 19.1. The molecule has 0 spiro atoms. The van der Waals surface area contributed by atoms with Gasteiger partial charge in [-0.05, 0) is 23.8 Å². The zero-order chi connectivity index (χ0) is 16.7. The van der Waals surface area contributed by atoms with Crippen LogP contribution < -0.4 is 10.1 Å². The lowest BCUT2D eigenvalue weighted by Gasteiger charge is -2.19. The summed E-state index contributed by atoms with van der Waals surface area (Å²) in [5.74, 6) is 0.255. The molecule has 23 heavy (non-hydrogen) atoms. The van der Waals surface area contributed by atoms with Gasteiger partial charge in [-0.25, -0.2) is 4.39 Å². The Morgan fingerprint density at radius 2 is 1.83 bits per heavy atom. The van der Waals surface area contributed by atoms with Crippen LogP contribution in [0.4, 0.5) is 4.39 Å². The van der Waals surface area contributed by atoms with Crippen LogP contribution in [-0.4, -0.2) is 26.7 Å². The van der Waals surface area contributed by atoms with E-state index in [4.69, 9.17) is 9.47 Å². The molecule has 0 aliphatic carbocycles. The second-order valence-corrected chi connectivity index (χ2v) is 5.07. The predicted octanol–water partition coefficient (Wildman–Crippen LogP) is 2.88. The summed E-state index contributed by atoms with van der Waals surface area (Å²) in [5, 5.41) is 2.83. The Balaban J connectivity index is 1.94. The largest absolute Gasteiger partial charge is 0.496 e. The van der Waals surface area contributed by atoms with Gasteiger partial charge >= 0.3 is 0 Å². The molecule has 1 N–H and O–H groups in total. The highest BCUT2D eigenvalue weighted by molar-refractivity contribution is 5.78. The highest BCUT2D eigenvalue weighted by Crippen LogP contribution is 2.26. The fourth-order valence-corrected chi connectivity index (χ4v) is 2.31. The smallest absolute Gasteiger partial charge is 0.224 e. The molecule has 0 aliphatic rings. The first-order chi connectivity index (χ1) is 11.1. The van der Waals surface area contributed by atoms with E-state index in [0.29, 0.717) is 12.3 Å². The molecule has 0 saturated heterocycles. The lowest BCUT2D eigenvalue weighted by molar-refractivity contribution is -0.121. The summed E-state index contributed by atoms with van der Waals surface area (Å²) in [6, 6.07) is 13.4. The molecule has 0 aromatic heterocycles. The normalized spacial score (nSPS) is 11.8. The van der Waals surface area contributed by atoms with Crippen LogP contribution in [0.3, 0.4) is 0 Å². The van der Waals surface area contributed by atoms with Gasteiger partial charge in [0.1, 0.15) is 17.7 Å². The van der Waals surface area contributed by atoms with Gasteiger partial charge < -0.3 is 14.8 Å². The predicted molar refractivity (Wildman–Crippen MR) is 85.9 cm³/mol. The fourth-order valence-electron chi connectivity index (χ4n) is 2.31. The van der Waals surface area contributed by atoms with E-state index in [-0.39, 0.29) is 24.2 Å². The molecule has 1 amide bonds. The number of hydrogen-bond acceptors (Lipinski definition) is 3. The Morgan fingerprint density at radius 3 is 2.48 bits per heavy atom. The second kappa shape index (κ2) is 8.29. The fraction of sp³-hybridized carbons (Fsp3) is 0.278. The Hall–Kier alpha value is -2.40. The van der Waals surface area contributed by atoms with Crippen molar-refractivity contribution < 1.29 is 18.7 Å². The van der Waals surface area contributed by atoms with E-state index in [1.165, 1.54) is 12.1 Å². The van der Waals surface area contributed by atoms with Crippen molar-refractivity contribution in [3.8, 4) is 5.75 Å². The molecule has 0 fully saturated rings. The molecule has 0 aliphatic heterocycles. The molecule has 0 radical (unpaired) electrons. The lowest BCUT2D eigenvalue weighted by atomic mass is 10.1. The van der Waals surface area contributed by atoms with Crippen molar-refractivity contribution in [3.05, 3.63) is 65.5 Å². The number of carbonyl (C=O) groups is 1. The third-order valence-electron chi connectivity index (χ3n) is 3.53. The number of halogens is 1. The maximum absolute atomic E-state index is 12.9. The van der Waals surface area contributed by atoms with Crippen LogP contribution in [0.25, 0.3) is 0 Å². The van der Waals surface area contributed by atoms with Gasteiger partial charge in [-0.2, -0.15) is 0 Å². The minimum Gasteiger partial charge on any atom is -0.496 e. The van der Waals surface area contributed by atoms with Crippen molar-refractivity contribution >= 4 is 5.91 Å². The summed E-state index contributed by atoms with van der Waals surface area (Å²) in [6.45, 7) is 0.330. The number of ether oxygens (including phenoxy) is 2. The van der Waals surface area contributed by atoms with Gasteiger partial charge in [0.05, 0.1) is 13.5 Å². The number of rotatable bonds is 7. The minimum atomic E-state index is -0.315. The Kier molecular flexibility index (Phi) is 6.11. The third-order valence-corrected chi connectivity index (χ3v) is 3.53. The quantitative estimate of drug-likeness (QED) is 0.854. The molecule has 122 valence electrons. The van der Waals surface area contributed by atoms with E-state index in [2.05, 4.69) is 5.32 Å². The van der Waals surface area contributed by atoms with Crippen molar-refractivity contribution in [1.82, 2.24) is 5.32 Å². The summed E-state index contributed by atoms with van der Waals surface area (Å²) in [5.41, 5.74) is 1.63. The molecule has 5 heteroatoms. The zero-order valence-electron chi connectivity index (χ0n) is 13.2. The number of nitrogens with one attached hydrogen (secondary N) is 1. The van der Waals surface area contributed by atoms with Crippen LogP contribution >= 0.6 is 0 Å². The van der Waals surface area contributed by atoms with Crippen LogP contribution in [0.2, 0.25) is 0 Å². The van der Waals surface area contributed by atoms with Gasteiger partial charge in [0.25, 0.3) is 0 Å². The summed E-state index contributed by atoms with van der Waals surface area (Å²) >= 11 is 0. The van der Waals surface area contributed by atoms with E-state index in [9.17, 15) is 9.18 Å². The molecule has 0 unspecified atom stereocenters. The molecule has 2 rings (SSSR count). The third kappa shape index (κ3) is 4.79. The summed E-state index contributed by atoms with van der Waals surface area (Å²) in [6.07, 6.45) is -0.105. The summed E-state index contributed by atoms with van der Waals surface area (Å²) < 4.78 is 23.6. The zero-order valence-corrected chi connectivity index (χ0v) is 13.2. The lowest BCUT2D eigenvalue weighted by Crippen LogP contribution is -2.30. The first kappa shape index (κ1) is 17.0. The molecule has 0 bridgehead atoms. The molecular formula is C18H20FNO3. The monoisotopic (exact) mass is 317 g/mol. The van der Waals surface area contributed by atoms with Crippen molar-refractivity contribution in [3.63, 3.8) is 0 Å². The molecule has 4 nitrogen and oxygen atoms in total. The number of methoxy groups -OCH3 is 2. The van der Waals surface area contributed by atoms with Gasteiger partial charge in [-0.1, -0.05) is 30.3 Å². The highest BCUT2D eigenvalue weighted by Gasteiger charge is 2.16. The van der Waals surface area contributed by atoms with E-state index in [0.717, 1.165) is 11.1 Å². The maximum Gasteiger partial charge on any atom is 0.224 e. The molecular weight excluding hydrogens is 297 g/mol. The SMILES string of the molecule is COc1ccccc1[C@@H](CNC(=O)Cc1ccc(F)cc1)OC. The molecule has 1 atom stereocenters. The van der Waals surface area contributed by atoms with Gasteiger partial charge in [-0.3, -0.25) is 4.79 Å². The van der Waals surface area contributed by atoms with Crippen LogP contribution in [-0.2, 0) is 16.0 Å². The Labute approximate surface area is 135 Å². The minimum absolute atomic E-state index is 0.145. The number of hydrogen-bond donors (Lipinski definition) is 1. The number of benzene rings is 2. The standard InChI is InChI=1S/C18H20FNO3/c1-22-16-6-4-3-5-15(16)17(23-2)12-20-18(21)11-13-7-9-14(19)10-8-13/h3-10,17H,11-12H2,1-2H3,(H,20,21)/t17-/m1/s1. The van der Waals surface area contributed by atoms with Gasteiger partial charge in [0.15, 0.2) is 0 Å². The number of carbonyl (C=O) groups excluding carboxylic acids is 1. The van der Waals surface area contributed by atoms with Gasteiger partial charge in [0, 0.05) is 19.2 Å². The van der Waals surface area contributed by atoms with E-state index < -0.39 is 0 Å². The molecule has 2 aromatic carbocycles. The Morgan fingerprint density at radius 1 is 1.13 bits per heavy atom. The van der Waals surface area contributed by atoms with Crippen LogP contribution in [0, 0.1) is 5.82 Å². The molecule has 2 aromatic rings. The average Bonchev–Trinajstić information content (AvgIpc) is 2.58. The number of amides is 1. The molecule has 0 saturated carbocycles. The van der Waals surface area contributed by atoms with Crippen molar-refractivity contribution in [1.29, 1.82) is 0 Å². The average molecular weight is 317 g/mol. The maximum atomic E-state index is 12.9. The van der Waals surface area contributed by atoms with Gasteiger partial charge in [-0.15, -0.1) is 0 Å². The van der Waals surface area contributed by atoms with Crippen molar-refractivity contribution in [2.45, 2.75) is 12.5 Å². The number of para-hydroxylation sites is 1. The van der Waals surface area contributed by atoms with Crippen molar-refractivity contribution in [2.24, 2.45) is 0 Å². The van der Waals surface area contributed by atoms with Crippen LogP contribution in [0.15, 0.2) is 48.5 Å². The molecule has 0 heterocycles. The van der Waals surface area contributed by atoms with E-state index >= 15 is 0 Å².